The van der Waals surface area contributed by atoms with Crippen LogP contribution in [0.25, 0.3) is 6.08 Å². The van der Waals surface area contributed by atoms with Crippen LogP contribution in [-0.4, -0.2) is 92.2 Å². The Morgan fingerprint density at radius 1 is 1.26 bits per heavy atom. The Balaban J connectivity index is 0.00000127. The van der Waals surface area contributed by atoms with Crippen LogP contribution in [0.2, 0.25) is 5.02 Å². The van der Waals surface area contributed by atoms with E-state index in [1.54, 1.807) is 30.9 Å². The lowest BCUT2D eigenvalue weighted by atomic mass is 10.1. The number of halogens is 1. The maximum absolute atomic E-state index is 13.0. The Morgan fingerprint density at radius 3 is 2.55 bits per heavy atom. The number of ether oxygens (including phenoxy) is 2. The number of hydrogen-bond acceptors (Lipinski definition) is 9. The molecule has 2 aliphatic rings. The van der Waals surface area contributed by atoms with Crippen LogP contribution in [0, 0.1) is 0 Å². The second-order valence-corrected chi connectivity index (χ2v) is 9.67. The molecule has 2 aromatic rings. The van der Waals surface area contributed by atoms with Crippen LogP contribution in [0.1, 0.15) is 24.0 Å². The first kappa shape index (κ1) is 29.8. The van der Waals surface area contributed by atoms with Gasteiger partial charge in [-0.25, -0.2) is 4.98 Å². The lowest BCUT2D eigenvalue weighted by Crippen LogP contribution is -2.41. The lowest BCUT2D eigenvalue weighted by Gasteiger charge is -2.27. The van der Waals surface area contributed by atoms with Crippen LogP contribution in [0.4, 0.5) is 11.8 Å². The third-order valence-corrected chi connectivity index (χ3v) is 6.45. The average molecular weight is 564 g/mol. The molecule has 2 aliphatic heterocycles. The summed E-state index contributed by atoms with van der Waals surface area (Å²) in [6, 6.07) is 5.62. The Labute approximate surface area is 230 Å². The Morgan fingerprint density at radius 2 is 1.95 bits per heavy atom. The third kappa shape index (κ3) is 7.86. The summed E-state index contributed by atoms with van der Waals surface area (Å²) in [5, 5.41) is 0.526. The minimum absolute atomic E-state index is 0.0616. The van der Waals surface area contributed by atoms with Crippen molar-refractivity contribution in [2.24, 2.45) is 0 Å². The molecule has 10 nitrogen and oxygen atoms in total. The molecule has 0 radical (unpaired) electrons. The van der Waals surface area contributed by atoms with Crippen molar-refractivity contribution in [3.05, 3.63) is 46.1 Å². The Hall–Kier alpha value is -2.78. The second-order valence-electron chi connectivity index (χ2n) is 8.81. The summed E-state index contributed by atoms with van der Waals surface area (Å²) >= 11 is 6.32. The van der Waals surface area contributed by atoms with Crippen molar-refractivity contribution < 1.29 is 24.0 Å². The standard InChI is InChI=1S/C25H30ClN5O4.CH5OP/c1-29(16-18-5-6-22(34-2)21(26)13-18)23-19(15-27-25(28-23)31-7-3-4-8-31)14-20(17-32)24(33)30-9-11-35-12-10-30;1-3-2/h5-6,13-15,17H,3-4,7-12,16H2,1-2H3;2-3H,1H3/b20-14+;. The molecule has 0 saturated carbocycles. The molecule has 12 heteroatoms. The largest absolute Gasteiger partial charge is 0.495 e. The van der Waals surface area contributed by atoms with Crippen molar-refractivity contribution in [2.75, 3.05) is 70.0 Å². The number of anilines is 2. The summed E-state index contributed by atoms with van der Waals surface area (Å²) < 4.78 is 10.6. The fraction of sp³-hybridized carbons (Fsp3) is 0.462. The molecule has 206 valence electrons. The molecule has 1 N–H and O–H groups in total. The van der Waals surface area contributed by atoms with Crippen LogP contribution in [0.3, 0.4) is 0 Å². The van der Waals surface area contributed by atoms with Crippen molar-refractivity contribution in [1.29, 1.82) is 0 Å². The molecular weight excluding hydrogens is 529 g/mol. The molecule has 2 saturated heterocycles. The Kier molecular flexibility index (Phi) is 11.7. The van der Waals surface area contributed by atoms with Gasteiger partial charge in [0.2, 0.25) is 5.95 Å². The van der Waals surface area contributed by atoms with Crippen molar-refractivity contribution in [3.8, 4) is 5.75 Å². The van der Waals surface area contributed by atoms with Crippen molar-refractivity contribution in [1.82, 2.24) is 14.9 Å². The van der Waals surface area contributed by atoms with Gasteiger partial charge in [0.15, 0.2) is 6.29 Å². The monoisotopic (exact) mass is 563 g/mol. The van der Waals surface area contributed by atoms with Crippen LogP contribution in [0.5, 0.6) is 5.75 Å². The highest BCUT2D eigenvalue weighted by Gasteiger charge is 2.23. The zero-order valence-electron chi connectivity index (χ0n) is 22.0. The van der Waals surface area contributed by atoms with Gasteiger partial charge in [0.25, 0.3) is 5.91 Å². The summed E-state index contributed by atoms with van der Waals surface area (Å²) in [4.78, 5) is 47.6. The second kappa shape index (κ2) is 15.0. The quantitative estimate of drug-likeness (QED) is 0.170. The molecule has 1 atom stereocenters. The highest BCUT2D eigenvalue weighted by atomic mass is 35.5. The van der Waals surface area contributed by atoms with Crippen molar-refractivity contribution in [3.63, 3.8) is 0 Å². The first-order valence-electron chi connectivity index (χ1n) is 12.4. The predicted octanol–water partition coefficient (Wildman–Crippen LogP) is 3.02. The summed E-state index contributed by atoms with van der Waals surface area (Å²) in [6.45, 7) is 5.87. The van der Waals surface area contributed by atoms with E-state index in [0.29, 0.717) is 67.2 Å². The number of rotatable bonds is 8. The van der Waals surface area contributed by atoms with Gasteiger partial charge in [-0.2, -0.15) is 4.98 Å². The maximum atomic E-state index is 13.0. The number of aldehydes is 1. The first-order chi connectivity index (χ1) is 18.4. The number of amides is 1. The summed E-state index contributed by atoms with van der Waals surface area (Å²) in [6.07, 6.45) is 6.06. The number of carbonyl (C=O) groups is 2. The van der Waals surface area contributed by atoms with Crippen LogP contribution >= 0.6 is 20.4 Å². The molecule has 0 spiro atoms. The van der Waals surface area contributed by atoms with E-state index >= 15 is 0 Å². The number of hydrogen-bond donors (Lipinski definition) is 1. The molecule has 1 amide bonds. The van der Waals surface area contributed by atoms with Gasteiger partial charge >= 0.3 is 0 Å². The third-order valence-electron chi connectivity index (χ3n) is 6.15. The predicted molar refractivity (Wildman–Crippen MR) is 151 cm³/mol. The molecule has 1 unspecified atom stereocenters. The molecule has 1 aromatic heterocycles. The average Bonchev–Trinajstić information content (AvgIpc) is 3.47. The van der Waals surface area contributed by atoms with Crippen molar-refractivity contribution >= 4 is 50.4 Å². The Bertz CT molecular complexity index is 1120. The number of morpholine rings is 1. The summed E-state index contributed by atoms with van der Waals surface area (Å²) in [5.74, 6) is 1.56. The fourth-order valence-electron chi connectivity index (χ4n) is 4.27. The molecule has 4 rings (SSSR count). The van der Waals surface area contributed by atoms with Gasteiger partial charge in [0.1, 0.15) is 11.6 Å². The smallest absolute Gasteiger partial charge is 0.257 e. The SMILES string of the molecule is COc1ccc(CN(C)c2nc(N3CCCC3)ncc2/C=C(\C=O)C(=O)N2CCOCC2)cc1Cl.CPO. The topological polar surface area (TPSA) is 108 Å². The van der Waals surface area contributed by atoms with E-state index in [1.165, 1.54) is 0 Å². The van der Waals surface area contributed by atoms with Gasteiger partial charge in [-0.3, -0.25) is 9.59 Å². The minimum Gasteiger partial charge on any atom is -0.495 e. The van der Waals surface area contributed by atoms with E-state index in [9.17, 15) is 9.59 Å². The van der Waals surface area contributed by atoms with Gasteiger partial charge < -0.3 is 29.1 Å². The van der Waals surface area contributed by atoms with Crippen LogP contribution in [0.15, 0.2) is 30.0 Å². The maximum Gasteiger partial charge on any atom is 0.257 e. The summed E-state index contributed by atoms with van der Waals surface area (Å²) in [5.41, 5.74) is 1.62. The summed E-state index contributed by atoms with van der Waals surface area (Å²) in [7, 11) is 3.57. The number of carbonyl (C=O) groups excluding carboxylic acids is 2. The molecular formula is C26H35ClN5O5P. The van der Waals surface area contributed by atoms with Gasteiger partial charge in [0, 0.05) is 60.3 Å². The lowest BCUT2D eigenvalue weighted by molar-refractivity contribution is -0.131. The van der Waals surface area contributed by atoms with E-state index in [-0.39, 0.29) is 20.3 Å². The van der Waals surface area contributed by atoms with Gasteiger partial charge in [0.05, 0.1) is 30.9 Å². The number of nitrogens with zero attached hydrogens (tertiary/aromatic N) is 5. The van der Waals surface area contributed by atoms with Gasteiger partial charge in [-0.15, -0.1) is 0 Å². The number of methoxy groups -OCH3 is 1. The fourth-order valence-corrected chi connectivity index (χ4v) is 4.55. The molecule has 1 aromatic carbocycles. The van der Waals surface area contributed by atoms with Crippen LogP contribution in [-0.2, 0) is 20.9 Å². The van der Waals surface area contributed by atoms with Gasteiger partial charge in [-0.1, -0.05) is 17.7 Å². The molecule has 0 bridgehead atoms. The molecule has 38 heavy (non-hydrogen) atoms. The highest BCUT2D eigenvalue weighted by molar-refractivity contribution is 7.29. The molecule has 2 fully saturated rings. The van der Waals surface area contributed by atoms with E-state index in [1.807, 2.05) is 30.1 Å². The zero-order chi connectivity index (χ0) is 27.5. The zero-order valence-corrected chi connectivity index (χ0v) is 23.8. The number of aromatic nitrogens is 2. The van der Waals surface area contributed by atoms with Crippen LogP contribution < -0.4 is 14.5 Å². The van der Waals surface area contributed by atoms with Gasteiger partial charge in [-0.05, 0) is 43.3 Å². The molecule has 3 heterocycles. The number of benzene rings is 1. The van der Waals surface area contributed by atoms with E-state index in [0.717, 1.165) is 31.5 Å². The minimum atomic E-state index is -0.317. The van der Waals surface area contributed by atoms with E-state index < -0.39 is 0 Å². The normalized spacial score (nSPS) is 15.9. The highest BCUT2D eigenvalue weighted by Crippen LogP contribution is 2.28. The van der Waals surface area contributed by atoms with E-state index in [2.05, 4.69) is 9.88 Å². The van der Waals surface area contributed by atoms with Crippen molar-refractivity contribution in [2.45, 2.75) is 19.4 Å². The first-order valence-corrected chi connectivity index (χ1v) is 14.2. The van der Waals surface area contributed by atoms with E-state index in [4.69, 9.17) is 31.0 Å². The molecule has 0 aliphatic carbocycles.